The predicted molar refractivity (Wildman–Crippen MR) is 115 cm³/mol. The van der Waals surface area contributed by atoms with Crippen LogP contribution >= 0.6 is 23.5 Å². The van der Waals surface area contributed by atoms with Crippen LogP contribution in [0.5, 0.6) is 0 Å². The van der Waals surface area contributed by atoms with Crippen molar-refractivity contribution in [1.82, 2.24) is 9.97 Å². The Kier molecular flexibility index (Phi) is 9.34. The molecule has 0 aliphatic heterocycles. The van der Waals surface area contributed by atoms with Crippen LogP contribution in [-0.4, -0.2) is 46.1 Å². The SMILES string of the molecule is CCOC(=O)CC(CCSc1ccc(C)c(C=O)n1)Sc1ccc(C)c(C=O)n1. The fraction of sp³-hybridized carbons (Fsp3) is 0.381. The van der Waals surface area contributed by atoms with Crippen LogP contribution in [-0.2, 0) is 9.53 Å². The third-order valence-electron chi connectivity index (χ3n) is 4.12. The van der Waals surface area contributed by atoms with E-state index >= 15 is 0 Å². The lowest BCUT2D eigenvalue weighted by Crippen LogP contribution is -2.14. The monoisotopic (exact) mass is 432 g/mol. The molecule has 8 heteroatoms. The summed E-state index contributed by atoms with van der Waals surface area (Å²) in [5.41, 5.74) is 2.51. The van der Waals surface area contributed by atoms with E-state index in [-0.39, 0.29) is 17.6 Å². The average Bonchev–Trinajstić information content (AvgIpc) is 2.70. The van der Waals surface area contributed by atoms with Crippen molar-refractivity contribution in [3.8, 4) is 0 Å². The summed E-state index contributed by atoms with van der Waals surface area (Å²) in [5, 5.41) is 1.43. The first kappa shape index (κ1) is 23.1. The molecule has 0 N–H and O–H groups in total. The molecule has 1 atom stereocenters. The predicted octanol–water partition coefficient (Wildman–Crippen LogP) is 4.31. The fourth-order valence-electron chi connectivity index (χ4n) is 2.51. The summed E-state index contributed by atoms with van der Waals surface area (Å²) in [6.45, 7) is 5.80. The lowest BCUT2D eigenvalue weighted by molar-refractivity contribution is -0.143. The van der Waals surface area contributed by atoms with Gasteiger partial charge in [-0.25, -0.2) is 9.97 Å². The molecule has 0 radical (unpaired) electrons. The van der Waals surface area contributed by atoms with Crippen molar-refractivity contribution in [2.45, 2.75) is 48.9 Å². The molecule has 0 fully saturated rings. The van der Waals surface area contributed by atoms with Crippen molar-refractivity contribution >= 4 is 42.1 Å². The summed E-state index contributed by atoms with van der Waals surface area (Å²) in [7, 11) is 0. The highest BCUT2D eigenvalue weighted by atomic mass is 32.2. The van der Waals surface area contributed by atoms with Gasteiger partial charge in [0, 0.05) is 11.0 Å². The van der Waals surface area contributed by atoms with Gasteiger partial charge in [-0.3, -0.25) is 14.4 Å². The third kappa shape index (κ3) is 7.29. The molecule has 2 heterocycles. The molecule has 0 aliphatic rings. The first-order valence-electron chi connectivity index (χ1n) is 9.27. The second-order valence-corrected chi connectivity index (χ2v) is 8.76. The van der Waals surface area contributed by atoms with E-state index < -0.39 is 0 Å². The minimum absolute atomic E-state index is 0.0488. The number of hydrogen-bond donors (Lipinski definition) is 0. The van der Waals surface area contributed by atoms with E-state index in [0.717, 1.165) is 34.5 Å². The number of aldehydes is 2. The molecule has 0 saturated heterocycles. The van der Waals surface area contributed by atoms with Gasteiger partial charge in [0.25, 0.3) is 0 Å². The van der Waals surface area contributed by atoms with Crippen LogP contribution in [0.1, 0.15) is 51.9 Å². The summed E-state index contributed by atoms with van der Waals surface area (Å²) >= 11 is 3.00. The van der Waals surface area contributed by atoms with Gasteiger partial charge < -0.3 is 4.74 Å². The summed E-state index contributed by atoms with van der Waals surface area (Å²) in [5.74, 6) is 0.465. The Balaban J connectivity index is 2.04. The normalized spacial score (nSPS) is 11.7. The van der Waals surface area contributed by atoms with Crippen LogP contribution in [0.15, 0.2) is 34.3 Å². The summed E-state index contributed by atoms with van der Waals surface area (Å²) in [4.78, 5) is 42.9. The van der Waals surface area contributed by atoms with Crippen LogP contribution in [0, 0.1) is 13.8 Å². The number of carbonyl (C=O) groups excluding carboxylic acids is 3. The summed E-state index contributed by atoms with van der Waals surface area (Å²) in [6, 6.07) is 7.47. The molecule has 0 aromatic carbocycles. The Morgan fingerprint density at radius 3 is 2.21 bits per heavy atom. The number of aryl methyl sites for hydroxylation is 2. The number of carbonyl (C=O) groups is 3. The molecule has 0 bridgehead atoms. The Bertz CT molecular complexity index is 874. The number of aromatic nitrogens is 2. The molecular weight excluding hydrogens is 408 g/mol. The van der Waals surface area contributed by atoms with E-state index in [2.05, 4.69) is 9.97 Å². The number of pyridine rings is 2. The van der Waals surface area contributed by atoms with E-state index in [9.17, 15) is 14.4 Å². The second-order valence-electron chi connectivity index (χ2n) is 6.33. The van der Waals surface area contributed by atoms with E-state index in [1.165, 1.54) is 23.5 Å². The highest BCUT2D eigenvalue weighted by Crippen LogP contribution is 2.29. The smallest absolute Gasteiger partial charge is 0.306 e. The molecule has 154 valence electrons. The van der Waals surface area contributed by atoms with Crippen LogP contribution in [0.4, 0.5) is 0 Å². The van der Waals surface area contributed by atoms with E-state index in [1.807, 2.05) is 38.1 Å². The van der Waals surface area contributed by atoms with Gasteiger partial charge in [-0.1, -0.05) is 12.1 Å². The van der Waals surface area contributed by atoms with Crippen molar-refractivity contribution in [2.24, 2.45) is 0 Å². The molecule has 29 heavy (non-hydrogen) atoms. The number of ether oxygens (including phenoxy) is 1. The van der Waals surface area contributed by atoms with Gasteiger partial charge in [0.2, 0.25) is 0 Å². The molecule has 6 nitrogen and oxygen atoms in total. The second kappa shape index (κ2) is 11.7. The highest BCUT2D eigenvalue weighted by molar-refractivity contribution is 8.00. The molecule has 2 aromatic rings. The molecule has 0 spiro atoms. The van der Waals surface area contributed by atoms with Gasteiger partial charge >= 0.3 is 5.97 Å². The summed E-state index contributed by atoms with van der Waals surface area (Å²) in [6.07, 6.45) is 2.47. The maximum absolute atomic E-state index is 12.0. The van der Waals surface area contributed by atoms with Crippen molar-refractivity contribution in [2.75, 3.05) is 12.4 Å². The number of rotatable bonds is 11. The van der Waals surface area contributed by atoms with Gasteiger partial charge in [-0.2, -0.15) is 0 Å². The molecule has 2 rings (SSSR count). The van der Waals surface area contributed by atoms with Crippen LogP contribution < -0.4 is 0 Å². The first-order chi connectivity index (χ1) is 14.0. The Labute approximate surface area is 179 Å². The lowest BCUT2D eigenvalue weighted by Gasteiger charge is -2.15. The van der Waals surface area contributed by atoms with Gasteiger partial charge in [0.05, 0.1) is 23.1 Å². The maximum atomic E-state index is 12.0. The summed E-state index contributed by atoms with van der Waals surface area (Å²) < 4.78 is 5.10. The van der Waals surface area contributed by atoms with Crippen molar-refractivity contribution in [3.63, 3.8) is 0 Å². The minimum atomic E-state index is -0.255. The van der Waals surface area contributed by atoms with Gasteiger partial charge in [-0.15, -0.1) is 23.5 Å². The molecular formula is C21H24N2O4S2. The van der Waals surface area contributed by atoms with Crippen molar-refractivity contribution < 1.29 is 19.1 Å². The Morgan fingerprint density at radius 1 is 1.03 bits per heavy atom. The topological polar surface area (TPSA) is 86.2 Å². The van der Waals surface area contributed by atoms with Gasteiger partial charge in [0.1, 0.15) is 11.4 Å². The molecule has 1 unspecified atom stereocenters. The Hall–Kier alpha value is -2.19. The standard InChI is InChI=1S/C21H24N2O4S2/c1-4-27-21(26)11-16(29-20-8-6-15(3)18(13-25)23-20)9-10-28-19-7-5-14(2)17(12-24)22-19/h5-8,12-13,16H,4,9-11H2,1-3H3. The molecule has 0 aliphatic carbocycles. The van der Waals surface area contributed by atoms with E-state index in [1.54, 1.807) is 6.92 Å². The highest BCUT2D eigenvalue weighted by Gasteiger charge is 2.18. The number of thioether (sulfide) groups is 2. The first-order valence-corrected chi connectivity index (χ1v) is 11.1. The van der Waals surface area contributed by atoms with Crippen molar-refractivity contribution in [3.05, 3.63) is 46.8 Å². The van der Waals surface area contributed by atoms with Crippen molar-refractivity contribution in [1.29, 1.82) is 0 Å². The maximum Gasteiger partial charge on any atom is 0.306 e. The zero-order chi connectivity index (χ0) is 21.2. The fourth-order valence-corrected chi connectivity index (χ4v) is 4.69. The largest absolute Gasteiger partial charge is 0.466 e. The zero-order valence-electron chi connectivity index (χ0n) is 16.7. The average molecular weight is 433 g/mol. The van der Waals surface area contributed by atoms with E-state index in [4.69, 9.17) is 4.74 Å². The minimum Gasteiger partial charge on any atom is -0.466 e. The quantitative estimate of drug-likeness (QED) is 0.295. The number of hydrogen-bond acceptors (Lipinski definition) is 8. The van der Waals surface area contributed by atoms with Gasteiger partial charge in [0.15, 0.2) is 12.6 Å². The number of nitrogens with zero attached hydrogens (tertiary/aromatic N) is 2. The zero-order valence-corrected chi connectivity index (χ0v) is 18.3. The lowest BCUT2D eigenvalue weighted by atomic mass is 10.2. The van der Waals surface area contributed by atoms with E-state index in [0.29, 0.717) is 29.4 Å². The number of esters is 1. The van der Waals surface area contributed by atoms with Gasteiger partial charge in [-0.05, 0) is 50.5 Å². The molecule has 0 saturated carbocycles. The molecule has 2 aromatic heterocycles. The molecule has 0 amide bonds. The van der Waals surface area contributed by atoms with Crippen LogP contribution in [0.3, 0.4) is 0 Å². The van der Waals surface area contributed by atoms with Crippen LogP contribution in [0.25, 0.3) is 0 Å². The van der Waals surface area contributed by atoms with Crippen LogP contribution in [0.2, 0.25) is 0 Å². The third-order valence-corrected chi connectivity index (χ3v) is 6.29. The Morgan fingerprint density at radius 2 is 1.62 bits per heavy atom.